The zero-order valence-electron chi connectivity index (χ0n) is 13.2. The Labute approximate surface area is 135 Å². The predicted molar refractivity (Wildman–Crippen MR) is 89.7 cm³/mol. The van der Waals surface area contributed by atoms with Gasteiger partial charge in [-0.25, -0.2) is 4.98 Å². The maximum atomic E-state index is 12.2. The Morgan fingerprint density at radius 2 is 2.09 bits per heavy atom. The quantitative estimate of drug-likeness (QED) is 0.906. The van der Waals surface area contributed by atoms with E-state index in [1.165, 1.54) is 25.7 Å². The van der Waals surface area contributed by atoms with Crippen molar-refractivity contribution in [3.8, 4) is 6.07 Å². The number of nitrogens with zero attached hydrogens (tertiary/aromatic N) is 2. The summed E-state index contributed by atoms with van der Waals surface area (Å²) in [4.78, 5) is 19.5. The zero-order chi connectivity index (χ0) is 16.2. The molecule has 2 aromatic rings. The number of H-pyrrole nitrogens is 1. The second kappa shape index (κ2) is 6.66. The highest BCUT2D eigenvalue weighted by Gasteiger charge is 2.19. The third-order valence-corrected chi connectivity index (χ3v) is 4.44. The number of nitrogens with one attached hydrogen (secondary N) is 2. The van der Waals surface area contributed by atoms with Crippen molar-refractivity contribution >= 4 is 11.5 Å². The third-order valence-electron chi connectivity index (χ3n) is 4.44. The SMILES string of the molecule is Cc1ccccc1Nc1nc(CC2CCCC2)[nH]c(=O)c1C#N. The lowest BCUT2D eigenvalue weighted by Crippen LogP contribution is -2.19. The minimum Gasteiger partial charge on any atom is -0.339 e. The average molecular weight is 308 g/mol. The summed E-state index contributed by atoms with van der Waals surface area (Å²) in [5.41, 5.74) is 1.56. The van der Waals surface area contributed by atoms with Crippen molar-refractivity contribution in [2.24, 2.45) is 5.92 Å². The van der Waals surface area contributed by atoms with Crippen molar-refractivity contribution in [2.75, 3.05) is 5.32 Å². The Morgan fingerprint density at radius 1 is 1.35 bits per heavy atom. The maximum Gasteiger partial charge on any atom is 0.271 e. The molecule has 3 rings (SSSR count). The van der Waals surface area contributed by atoms with Gasteiger partial charge >= 0.3 is 0 Å². The summed E-state index contributed by atoms with van der Waals surface area (Å²) >= 11 is 0. The van der Waals surface area contributed by atoms with E-state index in [2.05, 4.69) is 15.3 Å². The maximum absolute atomic E-state index is 12.2. The summed E-state index contributed by atoms with van der Waals surface area (Å²) in [5.74, 6) is 1.59. The molecule has 23 heavy (non-hydrogen) atoms. The number of para-hydroxylation sites is 1. The summed E-state index contributed by atoms with van der Waals surface area (Å²) in [6.45, 7) is 1.97. The molecule has 0 spiro atoms. The Kier molecular flexibility index (Phi) is 4.42. The summed E-state index contributed by atoms with van der Waals surface area (Å²) in [6.07, 6.45) is 5.64. The van der Waals surface area contributed by atoms with Crippen LogP contribution in [0, 0.1) is 24.2 Å². The van der Waals surface area contributed by atoms with Crippen molar-refractivity contribution in [2.45, 2.75) is 39.0 Å². The molecule has 5 nitrogen and oxygen atoms in total. The van der Waals surface area contributed by atoms with E-state index in [9.17, 15) is 10.1 Å². The molecule has 1 aromatic carbocycles. The fourth-order valence-electron chi connectivity index (χ4n) is 3.14. The van der Waals surface area contributed by atoms with E-state index in [1.807, 2.05) is 37.3 Å². The van der Waals surface area contributed by atoms with Gasteiger partial charge in [0.15, 0.2) is 11.4 Å². The molecule has 0 unspecified atom stereocenters. The fourth-order valence-corrected chi connectivity index (χ4v) is 3.14. The van der Waals surface area contributed by atoms with Crippen LogP contribution in [0.5, 0.6) is 0 Å². The fraction of sp³-hybridized carbons (Fsp3) is 0.389. The van der Waals surface area contributed by atoms with Crippen molar-refractivity contribution < 1.29 is 0 Å². The molecule has 1 heterocycles. The van der Waals surface area contributed by atoms with E-state index in [1.54, 1.807) is 0 Å². The molecule has 0 aliphatic heterocycles. The molecule has 1 saturated carbocycles. The average Bonchev–Trinajstić information content (AvgIpc) is 3.02. The Morgan fingerprint density at radius 3 is 2.78 bits per heavy atom. The lowest BCUT2D eigenvalue weighted by atomic mass is 10.0. The van der Waals surface area contributed by atoms with Crippen molar-refractivity contribution in [3.05, 3.63) is 51.6 Å². The van der Waals surface area contributed by atoms with E-state index < -0.39 is 0 Å². The molecule has 0 saturated heterocycles. The molecular formula is C18H20N4O. The monoisotopic (exact) mass is 308 g/mol. The molecule has 0 atom stereocenters. The molecule has 0 amide bonds. The number of hydrogen-bond acceptors (Lipinski definition) is 4. The molecule has 1 fully saturated rings. The number of aromatic amines is 1. The normalized spacial score (nSPS) is 14.6. The lowest BCUT2D eigenvalue weighted by molar-refractivity contribution is 0.529. The minimum atomic E-state index is -0.369. The Hall–Kier alpha value is -2.61. The number of nitriles is 1. The molecule has 5 heteroatoms. The first kappa shape index (κ1) is 15.3. The van der Waals surface area contributed by atoms with E-state index in [0.717, 1.165) is 17.7 Å². The lowest BCUT2D eigenvalue weighted by Gasteiger charge is -2.12. The van der Waals surface area contributed by atoms with Gasteiger partial charge in [-0.05, 0) is 24.5 Å². The van der Waals surface area contributed by atoms with Gasteiger partial charge in [-0.1, -0.05) is 43.9 Å². The van der Waals surface area contributed by atoms with Crippen LogP contribution in [-0.4, -0.2) is 9.97 Å². The Bertz CT molecular complexity index is 797. The smallest absolute Gasteiger partial charge is 0.271 e. The summed E-state index contributed by atoms with van der Waals surface area (Å²) in [7, 11) is 0. The van der Waals surface area contributed by atoms with Crippen LogP contribution in [0.4, 0.5) is 11.5 Å². The number of anilines is 2. The van der Waals surface area contributed by atoms with Crippen LogP contribution in [-0.2, 0) is 6.42 Å². The third kappa shape index (κ3) is 3.42. The Balaban J connectivity index is 1.93. The first-order chi connectivity index (χ1) is 11.2. The van der Waals surface area contributed by atoms with Gasteiger partial charge in [0.1, 0.15) is 11.9 Å². The van der Waals surface area contributed by atoms with Gasteiger partial charge in [0, 0.05) is 12.1 Å². The first-order valence-electron chi connectivity index (χ1n) is 8.03. The van der Waals surface area contributed by atoms with Crippen molar-refractivity contribution in [1.29, 1.82) is 5.26 Å². The van der Waals surface area contributed by atoms with Crippen LogP contribution in [0.15, 0.2) is 29.1 Å². The van der Waals surface area contributed by atoms with Gasteiger partial charge in [0.05, 0.1) is 0 Å². The zero-order valence-corrected chi connectivity index (χ0v) is 13.2. The molecule has 0 radical (unpaired) electrons. The molecule has 2 N–H and O–H groups in total. The number of rotatable bonds is 4. The van der Waals surface area contributed by atoms with Crippen LogP contribution in [0.3, 0.4) is 0 Å². The van der Waals surface area contributed by atoms with E-state index in [4.69, 9.17) is 0 Å². The predicted octanol–water partition coefficient (Wildman–Crippen LogP) is 3.43. The van der Waals surface area contributed by atoms with E-state index in [0.29, 0.717) is 17.6 Å². The number of aromatic nitrogens is 2. The van der Waals surface area contributed by atoms with Gasteiger partial charge in [-0.15, -0.1) is 0 Å². The first-order valence-corrected chi connectivity index (χ1v) is 8.03. The van der Waals surface area contributed by atoms with Crippen molar-refractivity contribution in [1.82, 2.24) is 9.97 Å². The number of aryl methyl sites for hydroxylation is 1. The standard InChI is InChI=1S/C18H20N4O/c1-12-6-2-5-9-15(12)20-17-14(11-19)18(23)22-16(21-17)10-13-7-3-4-8-13/h2,5-6,9,13H,3-4,7-8,10H2,1H3,(H2,20,21,22,23). The molecule has 118 valence electrons. The van der Waals surface area contributed by atoms with Crippen LogP contribution in [0.1, 0.15) is 42.6 Å². The molecule has 1 aliphatic carbocycles. The van der Waals surface area contributed by atoms with Crippen molar-refractivity contribution in [3.63, 3.8) is 0 Å². The molecule has 1 aromatic heterocycles. The number of hydrogen-bond donors (Lipinski definition) is 2. The van der Waals surface area contributed by atoms with Crippen LogP contribution in [0.25, 0.3) is 0 Å². The summed E-state index contributed by atoms with van der Waals surface area (Å²) in [5, 5.41) is 12.4. The second-order valence-corrected chi connectivity index (χ2v) is 6.14. The van der Waals surface area contributed by atoms with Crippen LogP contribution >= 0.6 is 0 Å². The number of benzene rings is 1. The van der Waals surface area contributed by atoms with E-state index >= 15 is 0 Å². The largest absolute Gasteiger partial charge is 0.339 e. The topological polar surface area (TPSA) is 81.6 Å². The van der Waals surface area contributed by atoms with Crippen LogP contribution < -0.4 is 10.9 Å². The highest BCUT2D eigenvalue weighted by atomic mass is 16.1. The second-order valence-electron chi connectivity index (χ2n) is 6.14. The van der Waals surface area contributed by atoms with Crippen LogP contribution in [0.2, 0.25) is 0 Å². The highest BCUT2D eigenvalue weighted by Crippen LogP contribution is 2.27. The molecule has 0 bridgehead atoms. The van der Waals surface area contributed by atoms with Gasteiger partial charge in [-0.3, -0.25) is 4.79 Å². The van der Waals surface area contributed by atoms with Gasteiger partial charge in [-0.2, -0.15) is 5.26 Å². The molecule has 1 aliphatic rings. The minimum absolute atomic E-state index is 0.0309. The molecular weight excluding hydrogens is 288 g/mol. The van der Waals surface area contributed by atoms with Gasteiger partial charge in [0.25, 0.3) is 5.56 Å². The highest BCUT2D eigenvalue weighted by molar-refractivity contribution is 5.64. The van der Waals surface area contributed by atoms with Gasteiger partial charge < -0.3 is 10.3 Å². The van der Waals surface area contributed by atoms with Gasteiger partial charge in [0.2, 0.25) is 0 Å². The summed E-state index contributed by atoms with van der Waals surface area (Å²) < 4.78 is 0. The summed E-state index contributed by atoms with van der Waals surface area (Å²) in [6, 6.07) is 9.70. The van der Waals surface area contributed by atoms with E-state index in [-0.39, 0.29) is 11.1 Å².